The fourth-order valence-electron chi connectivity index (χ4n) is 16.7. The van der Waals surface area contributed by atoms with Gasteiger partial charge in [0.05, 0.1) is 0 Å². The molecule has 0 saturated carbocycles. The van der Waals surface area contributed by atoms with Gasteiger partial charge in [0.2, 0.25) is 0 Å². The van der Waals surface area contributed by atoms with Crippen molar-refractivity contribution in [3.63, 3.8) is 0 Å². The third kappa shape index (κ3) is 17.8. The number of para-hydroxylation sites is 5. The highest BCUT2D eigenvalue weighted by molar-refractivity contribution is 14.2. The van der Waals surface area contributed by atoms with Crippen molar-refractivity contribution in [3.8, 4) is 66.8 Å². The summed E-state index contributed by atoms with van der Waals surface area (Å²) in [5, 5.41) is 8.50. The molecule has 18 aromatic carbocycles. The second kappa shape index (κ2) is 36.1. The number of benzene rings is 18. The fourth-order valence-corrected chi connectivity index (χ4v) is 26.1. The number of hydrogen-bond donors (Lipinski definition) is 2. The average molecular weight is 1940 g/mol. The lowest BCUT2D eigenvalue weighted by Gasteiger charge is -2.27. The minimum absolute atomic E-state index is 0.0460. The van der Waals surface area contributed by atoms with Crippen molar-refractivity contribution in [1.29, 1.82) is 0 Å². The maximum atomic E-state index is 14.2. The van der Waals surface area contributed by atoms with Gasteiger partial charge in [-0.25, -0.2) is 0 Å². The smallest absolute Gasteiger partial charge is 0.166 e. The molecule has 0 N–H and O–H groups in total. The van der Waals surface area contributed by atoms with E-state index in [2.05, 4.69) is 498 Å². The van der Waals surface area contributed by atoms with Gasteiger partial charge in [0.15, 0.2) is 13.2 Å². The zero-order valence-electron chi connectivity index (χ0n) is 69.2. The first-order valence-corrected chi connectivity index (χ1v) is 55.5. The molecular weight excluding hydrogens is 1850 g/mol. The van der Waals surface area contributed by atoms with Crippen LogP contribution in [0.3, 0.4) is 0 Å². The monoisotopic (exact) mass is 1940 g/mol. The van der Waals surface area contributed by atoms with Gasteiger partial charge in [-0.1, -0.05) is 254 Å². The van der Waals surface area contributed by atoms with Crippen LogP contribution >= 0.6 is 55.6 Å². The van der Waals surface area contributed by atoms with Gasteiger partial charge in [0.25, 0.3) is 0 Å². The molecule has 0 bridgehead atoms. The maximum absolute atomic E-state index is 14.2. The molecule has 6 nitrogen and oxygen atoms in total. The normalized spacial score (nSPS) is 12.4. The molecule has 14 heteroatoms. The van der Waals surface area contributed by atoms with Crippen molar-refractivity contribution in [1.82, 2.24) is 0 Å². The Morgan fingerprint density at radius 2 is 0.403 bits per heavy atom. The van der Waals surface area contributed by atoms with Gasteiger partial charge < -0.3 is 19.6 Å². The quantitative estimate of drug-likeness (QED) is 0.0257. The minimum atomic E-state index is -1.94. The summed E-state index contributed by atoms with van der Waals surface area (Å²) in [7, 11) is 0. The fraction of sp³-hybridized carbons (Fsp3) is 0.0727. The number of nitrogens with zero attached hydrogens (tertiary/aromatic N) is 4. The maximum Gasteiger partial charge on any atom is 0.166 e. The molecule has 0 spiro atoms. The summed E-state index contributed by atoms with van der Waals surface area (Å²) in [5.41, 5.74) is 27.6. The highest BCUT2D eigenvalue weighted by Gasteiger charge is 2.24. The van der Waals surface area contributed by atoms with Gasteiger partial charge in [0.1, 0.15) is 0 Å². The lowest BCUT2D eigenvalue weighted by atomic mass is 9.82. The SMILES string of the molecule is CC(C)(C)c1ccc2c3ccc(C(C)(C)C)cc3c3cc(-c4cc(-c5ccc(N(c6ccccc6)c6ccc(-c7ccc(N(c8ccc(-c9ccc(N(c%10ccccc%10)c%10ccccc%10)cc9)cc8)c8ccc(-c9ccc(N(c%10ccccc%10)c%10ccccc%10)cc9)cc8)cc7)cc6)cc5)cc(-c5cc(P(=O)=[SH](=S)I)cc(P(=O)=[SH](=S)I)c5)c4)ccc3c2c1. The zero-order chi connectivity index (χ0) is 85.3. The standard InChI is InChI=1S/C110H88I2N4O2P2S4/c1-109(2,3)87-47-64-103-104-65-48-88(110(4,5)6)73-108(104)106-71-82(46-63-105(106)107(103)72-87)84-66-83(67-85(68-84)86-69-101(119(117)123(111)121)74-102(70-86)120(118)124(112)122)81-44-61-97(62-45-81)115(93-30-20-11-21-31-93)96-53-36-77(37-54-96)80-42-59-100(60-43-80)116(98-55-38-78(39-56-98)75-32-49-94(50-33-75)113(89-22-12-7-13-23-89)90-24-14-8-15-25-90)99-57-40-79(41-58-99)76-34-51-95(52-35-76)114(91-26-16-9-17-27-91)92-28-18-10-19-29-92/h7-74,123-124H,1-6H3. The molecule has 18 rings (SSSR count). The predicted octanol–water partition coefficient (Wildman–Crippen LogP) is 32.7. The van der Waals surface area contributed by atoms with Gasteiger partial charge in [0, 0.05) is 78.9 Å². The summed E-state index contributed by atoms with van der Waals surface area (Å²) in [6.45, 7) is 9.81. The molecule has 124 heavy (non-hydrogen) atoms. The van der Waals surface area contributed by atoms with E-state index < -0.39 is 24.8 Å². The number of halogens is 2. The largest absolute Gasteiger partial charge is 0.311 e. The molecule has 0 saturated heterocycles. The van der Waals surface area contributed by atoms with Gasteiger partial charge >= 0.3 is 0 Å². The molecule has 0 aromatic heterocycles. The molecular formula is C110H88I2N4O2P2S4. The van der Waals surface area contributed by atoms with Crippen LogP contribution in [0.25, 0.3) is 99.1 Å². The Kier molecular flexibility index (Phi) is 24.4. The number of rotatable bonds is 20. The third-order valence-electron chi connectivity index (χ3n) is 23.2. The van der Waals surface area contributed by atoms with Crippen LogP contribution in [0.2, 0.25) is 0 Å². The molecule has 0 aliphatic carbocycles. The van der Waals surface area contributed by atoms with Gasteiger partial charge in [-0.05, 0) is 398 Å². The first kappa shape index (κ1) is 83.6. The summed E-state index contributed by atoms with van der Waals surface area (Å²) < 4.78 is 28.3. The van der Waals surface area contributed by atoms with Crippen LogP contribution in [0, 0.1) is 0 Å². The molecule has 4 atom stereocenters. The zero-order valence-corrected chi connectivity index (χ0v) is 78.8. The van der Waals surface area contributed by atoms with E-state index in [0.29, 0.717) is 10.6 Å². The highest BCUT2D eigenvalue weighted by Crippen LogP contribution is 2.47. The van der Waals surface area contributed by atoms with E-state index in [1.165, 1.54) is 43.4 Å². The molecule has 0 aliphatic heterocycles. The van der Waals surface area contributed by atoms with E-state index in [1.54, 1.807) is 0 Å². The van der Waals surface area contributed by atoms with Gasteiger partial charge in [-0.15, -0.1) is 0 Å². The van der Waals surface area contributed by atoms with E-state index in [4.69, 9.17) is 22.4 Å². The Labute approximate surface area is 764 Å². The predicted molar refractivity (Wildman–Crippen MR) is 562 cm³/mol. The van der Waals surface area contributed by atoms with Crippen LogP contribution in [0.1, 0.15) is 52.7 Å². The van der Waals surface area contributed by atoms with Crippen LogP contribution in [0.5, 0.6) is 0 Å². The summed E-state index contributed by atoms with van der Waals surface area (Å²) >= 11 is 15.7. The first-order chi connectivity index (χ1) is 60.2. The molecule has 18 aromatic rings. The summed E-state index contributed by atoms with van der Waals surface area (Å²) in [6.07, 6.45) is 0. The van der Waals surface area contributed by atoms with Crippen LogP contribution in [-0.4, -0.2) is 0 Å². The Morgan fingerprint density at radius 3 is 0.661 bits per heavy atom. The Hall–Kier alpha value is -11.3. The average Bonchev–Trinajstić information content (AvgIpc) is 0.726. The van der Waals surface area contributed by atoms with Crippen molar-refractivity contribution < 1.29 is 9.13 Å². The number of thiol groups is 2. The molecule has 0 amide bonds. The van der Waals surface area contributed by atoms with Gasteiger partial charge in [-0.3, -0.25) is 9.13 Å². The van der Waals surface area contributed by atoms with Crippen LogP contribution in [-0.2, 0) is 53.9 Å². The van der Waals surface area contributed by atoms with Crippen molar-refractivity contribution >= 4 is 201 Å². The molecule has 0 aliphatic rings. The lowest BCUT2D eigenvalue weighted by molar-refractivity contribution is 0.591. The second-order valence-corrected chi connectivity index (χ2v) is 58.9. The van der Waals surface area contributed by atoms with Crippen LogP contribution in [0.4, 0.5) is 68.2 Å². The Morgan fingerprint density at radius 1 is 0.210 bits per heavy atom. The van der Waals surface area contributed by atoms with Crippen molar-refractivity contribution in [2.24, 2.45) is 0 Å². The van der Waals surface area contributed by atoms with E-state index >= 15 is 0 Å². The van der Waals surface area contributed by atoms with E-state index in [9.17, 15) is 9.13 Å². The molecule has 608 valence electrons. The molecule has 0 radical (unpaired) electrons. The molecule has 0 fully saturated rings. The topological polar surface area (TPSA) is 47.1 Å². The lowest BCUT2D eigenvalue weighted by Crippen LogP contribution is -2.11. The van der Waals surface area contributed by atoms with Crippen LogP contribution in [0.15, 0.2) is 413 Å². The van der Waals surface area contributed by atoms with Crippen molar-refractivity contribution in [2.75, 3.05) is 19.6 Å². The molecule has 4 unspecified atom stereocenters. The van der Waals surface area contributed by atoms with Crippen LogP contribution < -0.4 is 30.2 Å². The summed E-state index contributed by atoms with van der Waals surface area (Å²) in [6, 6.07) is 148. The second-order valence-electron chi connectivity index (χ2n) is 33.2. The number of fused-ring (bicyclic) bond motifs is 6. The molecule has 0 heterocycles. The summed E-state index contributed by atoms with van der Waals surface area (Å²) in [5.74, 6) is -2.56. The third-order valence-corrected chi connectivity index (χ3v) is 38.0. The first-order valence-electron chi connectivity index (χ1n) is 41.3. The van der Waals surface area contributed by atoms with Crippen molar-refractivity contribution in [2.45, 2.75) is 52.4 Å². The Balaban J connectivity index is 0.680. The summed E-state index contributed by atoms with van der Waals surface area (Å²) in [4.78, 5) is 9.24. The minimum Gasteiger partial charge on any atom is -0.311 e. The number of anilines is 12. The van der Waals surface area contributed by atoms with Crippen molar-refractivity contribution in [3.05, 3.63) is 424 Å². The van der Waals surface area contributed by atoms with Gasteiger partial charge in [-0.2, -0.15) is 0 Å². The highest BCUT2D eigenvalue weighted by atomic mass is 127. The van der Waals surface area contributed by atoms with E-state index in [1.807, 2.05) is 18.2 Å². The number of hydrogen-bond acceptors (Lipinski definition) is 8. The van der Waals surface area contributed by atoms with E-state index in [-0.39, 0.29) is 10.8 Å². The Bertz CT molecular complexity index is 7000. The van der Waals surface area contributed by atoms with E-state index in [0.717, 1.165) is 135 Å².